The van der Waals surface area contributed by atoms with Gasteiger partial charge in [0, 0.05) is 0 Å². The van der Waals surface area contributed by atoms with Gasteiger partial charge in [0.15, 0.2) is 12.6 Å². The number of aldehydes is 2. The summed E-state index contributed by atoms with van der Waals surface area (Å²) in [5.41, 5.74) is 1.92. The van der Waals surface area contributed by atoms with Crippen molar-refractivity contribution in [2.45, 2.75) is 6.61 Å². The highest BCUT2D eigenvalue weighted by Gasteiger charge is 2.10. The average Bonchev–Trinajstić information content (AvgIpc) is 2.54. The molecule has 0 fully saturated rings. The molecule has 0 aliphatic heterocycles. The van der Waals surface area contributed by atoms with E-state index in [0.717, 1.165) is 11.1 Å². The summed E-state index contributed by atoms with van der Waals surface area (Å²) < 4.78 is 5.60. The van der Waals surface area contributed by atoms with Gasteiger partial charge in [-0.1, -0.05) is 36.9 Å². The number of aromatic hydroxyl groups is 1. The first-order valence-electron chi connectivity index (χ1n) is 6.30. The van der Waals surface area contributed by atoms with Crippen LogP contribution in [0.1, 0.15) is 31.8 Å². The maximum absolute atomic E-state index is 10.9. The van der Waals surface area contributed by atoms with Crippen LogP contribution in [0.15, 0.2) is 43.0 Å². The number of benzene rings is 2. The molecule has 0 heterocycles. The van der Waals surface area contributed by atoms with Crippen LogP contribution in [0.25, 0.3) is 6.08 Å². The summed E-state index contributed by atoms with van der Waals surface area (Å²) in [6.07, 6.45) is 2.68. The van der Waals surface area contributed by atoms with Gasteiger partial charge in [-0.25, -0.2) is 0 Å². The molecule has 0 saturated carbocycles. The molecule has 2 aromatic carbocycles. The lowest BCUT2D eigenvalue weighted by atomic mass is 10.1. The van der Waals surface area contributed by atoms with E-state index >= 15 is 0 Å². The molecule has 2 rings (SSSR count). The molecule has 21 heavy (non-hydrogen) atoms. The van der Waals surface area contributed by atoms with Gasteiger partial charge in [0.1, 0.15) is 18.1 Å². The van der Waals surface area contributed by atoms with Gasteiger partial charge < -0.3 is 9.84 Å². The molecule has 0 atom stereocenters. The largest absolute Gasteiger partial charge is 0.506 e. The van der Waals surface area contributed by atoms with Gasteiger partial charge in [-0.15, -0.1) is 0 Å². The van der Waals surface area contributed by atoms with Crippen LogP contribution in [0.2, 0.25) is 0 Å². The summed E-state index contributed by atoms with van der Waals surface area (Å²) in [5.74, 6) is 0.00899. The van der Waals surface area contributed by atoms with Gasteiger partial charge in [-0.3, -0.25) is 9.59 Å². The molecule has 0 spiro atoms. The summed E-state index contributed by atoms with van der Waals surface area (Å²) in [6.45, 7) is 4.00. The lowest BCUT2D eigenvalue weighted by Gasteiger charge is -2.11. The van der Waals surface area contributed by atoms with Crippen molar-refractivity contribution in [3.63, 3.8) is 0 Å². The van der Waals surface area contributed by atoms with Crippen molar-refractivity contribution < 1.29 is 19.4 Å². The predicted molar refractivity (Wildman–Crippen MR) is 79.7 cm³/mol. The van der Waals surface area contributed by atoms with Crippen LogP contribution in [0.4, 0.5) is 0 Å². The van der Waals surface area contributed by atoms with Crippen molar-refractivity contribution >= 4 is 18.6 Å². The second-order valence-electron chi connectivity index (χ2n) is 4.38. The lowest BCUT2D eigenvalue weighted by Crippen LogP contribution is -1.99. The summed E-state index contributed by atoms with van der Waals surface area (Å²) >= 11 is 0. The summed E-state index contributed by atoms with van der Waals surface area (Å²) in [6, 6.07) is 10.4. The monoisotopic (exact) mass is 282 g/mol. The van der Waals surface area contributed by atoms with E-state index in [1.165, 1.54) is 12.1 Å². The molecule has 106 valence electrons. The summed E-state index contributed by atoms with van der Waals surface area (Å²) in [7, 11) is 0. The van der Waals surface area contributed by atoms with Crippen LogP contribution in [0.3, 0.4) is 0 Å². The second-order valence-corrected chi connectivity index (χ2v) is 4.38. The minimum atomic E-state index is -0.334. The first-order valence-corrected chi connectivity index (χ1v) is 6.30. The van der Waals surface area contributed by atoms with Crippen LogP contribution >= 0.6 is 0 Å². The fourth-order valence-electron chi connectivity index (χ4n) is 1.94. The highest BCUT2D eigenvalue weighted by molar-refractivity contribution is 5.89. The Hall–Kier alpha value is -2.88. The Bertz CT molecular complexity index is 660. The fourth-order valence-corrected chi connectivity index (χ4v) is 1.94. The number of phenolic OH excluding ortho intramolecular Hbond substituents is 1. The number of phenols is 1. The zero-order valence-corrected chi connectivity index (χ0v) is 11.3. The van der Waals surface area contributed by atoms with E-state index in [9.17, 15) is 14.7 Å². The van der Waals surface area contributed by atoms with Crippen molar-refractivity contribution in [3.05, 3.63) is 65.2 Å². The summed E-state index contributed by atoms with van der Waals surface area (Å²) in [5, 5.41) is 9.65. The standard InChI is InChI=1S/C17H14O4/c1-2-12-5-3-4-6-13(12)11-21-16-7-14(9-18)17(20)15(8-16)10-19/h2-10,20H,1,11H2. The Morgan fingerprint density at radius 3 is 2.24 bits per heavy atom. The first kappa shape index (κ1) is 14.5. The molecule has 0 bridgehead atoms. The molecule has 0 amide bonds. The fraction of sp³-hybridized carbons (Fsp3) is 0.0588. The van der Waals surface area contributed by atoms with Gasteiger partial charge in [0.05, 0.1) is 11.1 Å². The van der Waals surface area contributed by atoms with E-state index < -0.39 is 0 Å². The third-order valence-electron chi connectivity index (χ3n) is 3.07. The SMILES string of the molecule is C=Cc1ccccc1COc1cc(C=O)c(O)c(C=O)c1. The number of carbonyl (C=O) groups excluding carboxylic acids is 2. The van der Waals surface area contributed by atoms with E-state index in [1.807, 2.05) is 24.3 Å². The molecule has 0 aromatic heterocycles. The van der Waals surface area contributed by atoms with E-state index in [4.69, 9.17) is 4.74 Å². The molecule has 0 radical (unpaired) electrons. The van der Waals surface area contributed by atoms with E-state index in [2.05, 4.69) is 6.58 Å². The molecule has 4 heteroatoms. The Balaban J connectivity index is 2.26. The topological polar surface area (TPSA) is 63.6 Å². The smallest absolute Gasteiger partial charge is 0.153 e. The maximum atomic E-state index is 10.9. The van der Waals surface area contributed by atoms with Gasteiger partial charge in [-0.05, 0) is 23.3 Å². The van der Waals surface area contributed by atoms with E-state index in [-0.39, 0.29) is 23.5 Å². The third-order valence-corrected chi connectivity index (χ3v) is 3.07. The minimum Gasteiger partial charge on any atom is -0.506 e. The number of hydrogen-bond donors (Lipinski definition) is 1. The quantitative estimate of drug-likeness (QED) is 0.826. The third kappa shape index (κ3) is 3.17. The Morgan fingerprint density at radius 1 is 1.05 bits per heavy atom. The van der Waals surface area contributed by atoms with Gasteiger partial charge in [0.2, 0.25) is 0 Å². The zero-order chi connectivity index (χ0) is 15.2. The molecule has 0 aliphatic rings. The number of rotatable bonds is 6. The Kier molecular flexibility index (Phi) is 4.51. The maximum Gasteiger partial charge on any atom is 0.153 e. The van der Waals surface area contributed by atoms with Gasteiger partial charge in [0.25, 0.3) is 0 Å². The zero-order valence-electron chi connectivity index (χ0n) is 11.3. The van der Waals surface area contributed by atoms with Crippen molar-refractivity contribution in [2.75, 3.05) is 0 Å². The van der Waals surface area contributed by atoms with Crippen LogP contribution in [-0.2, 0) is 6.61 Å². The van der Waals surface area contributed by atoms with Crippen molar-refractivity contribution in [2.24, 2.45) is 0 Å². The number of hydrogen-bond acceptors (Lipinski definition) is 4. The highest BCUT2D eigenvalue weighted by atomic mass is 16.5. The molecule has 0 unspecified atom stereocenters. The molecular weight excluding hydrogens is 268 g/mol. The van der Waals surface area contributed by atoms with Crippen LogP contribution in [0.5, 0.6) is 11.5 Å². The predicted octanol–water partition coefficient (Wildman–Crippen LogP) is 3.24. The van der Waals surface area contributed by atoms with E-state index in [1.54, 1.807) is 6.08 Å². The van der Waals surface area contributed by atoms with Crippen molar-refractivity contribution in [1.82, 2.24) is 0 Å². The van der Waals surface area contributed by atoms with Crippen molar-refractivity contribution in [3.8, 4) is 11.5 Å². The van der Waals surface area contributed by atoms with Crippen molar-refractivity contribution in [1.29, 1.82) is 0 Å². The first-order chi connectivity index (χ1) is 10.2. The van der Waals surface area contributed by atoms with Crippen LogP contribution in [0, 0.1) is 0 Å². The normalized spacial score (nSPS) is 9.90. The number of carbonyl (C=O) groups is 2. The molecule has 4 nitrogen and oxygen atoms in total. The molecule has 0 aliphatic carbocycles. The van der Waals surface area contributed by atoms with Gasteiger partial charge in [-0.2, -0.15) is 0 Å². The van der Waals surface area contributed by atoms with E-state index in [0.29, 0.717) is 18.3 Å². The second kappa shape index (κ2) is 6.52. The summed E-state index contributed by atoms with van der Waals surface area (Å²) in [4.78, 5) is 21.8. The Morgan fingerprint density at radius 2 is 1.67 bits per heavy atom. The average molecular weight is 282 g/mol. The minimum absolute atomic E-state index is 0.0200. The molecule has 1 N–H and O–H groups in total. The molecule has 2 aromatic rings. The number of ether oxygens (including phenoxy) is 1. The highest BCUT2D eigenvalue weighted by Crippen LogP contribution is 2.27. The molecule has 0 saturated heterocycles. The Labute approximate surface area is 122 Å². The van der Waals surface area contributed by atoms with Crippen LogP contribution in [-0.4, -0.2) is 17.7 Å². The van der Waals surface area contributed by atoms with Crippen LogP contribution < -0.4 is 4.74 Å². The molecular formula is C17H14O4. The van der Waals surface area contributed by atoms with Gasteiger partial charge >= 0.3 is 0 Å². The lowest BCUT2D eigenvalue weighted by molar-refractivity contribution is 0.111.